The molecule has 0 aliphatic heterocycles. The Balaban J connectivity index is 2.26. The topological polar surface area (TPSA) is 29.9 Å². The van der Waals surface area contributed by atoms with Crippen LogP contribution in [0.25, 0.3) is 11.1 Å². The highest BCUT2D eigenvalue weighted by Gasteiger charge is 2.06. The first-order valence-corrected chi connectivity index (χ1v) is 6.54. The van der Waals surface area contributed by atoms with Crippen LogP contribution in [0.4, 0.5) is 0 Å². The number of nitrogens with zero attached hydrogens (tertiary/aromatic N) is 2. The predicted molar refractivity (Wildman–Crippen MR) is 75.4 cm³/mol. The highest BCUT2D eigenvalue weighted by Crippen LogP contribution is 2.22. The molecule has 18 heavy (non-hydrogen) atoms. The summed E-state index contributed by atoms with van der Waals surface area (Å²) in [5, 5.41) is 7.64. The molecule has 1 unspecified atom stereocenters. The average Bonchev–Trinajstić information content (AvgIpc) is 2.87. The summed E-state index contributed by atoms with van der Waals surface area (Å²) in [5.74, 6) is 0. The van der Waals surface area contributed by atoms with E-state index in [0.717, 1.165) is 13.0 Å². The molecule has 0 aliphatic rings. The minimum Gasteiger partial charge on any atom is -0.313 e. The van der Waals surface area contributed by atoms with Gasteiger partial charge in [-0.1, -0.05) is 25.1 Å². The quantitative estimate of drug-likeness (QED) is 0.873. The molecule has 0 bridgehead atoms. The van der Waals surface area contributed by atoms with E-state index in [1.807, 2.05) is 17.9 Å². The maximum absolute atomic E-state index is 4.38. The molecule has 0 radical (unpaired) electrons. The van der Waals surface area contributed by atoms with E-state index in [1.165, 1.54) is 16.7 Å². The Morgan fingerprint density at radius 3 is 2.89 bits per heavy atom. The predicted octanol–water partition coefficient (Wildman–Crippen LogP) is 3.24. The number of aromatic nitrogens is 2. The van der Waals surface area contributed by atoms with Crippen LogP contribution in [0.3, 0.4) is 0 Å². The van der Waals surface area contributed by atoms with Gasteiger partial charge < -0.3 is 5.32 Å². The van der Waals surface area contributed by atoms with Gasteiger partial charge in [-0.2, -0.15) is 5.10 Å². The first kappa shape index (κ1) is 12.8. The van der Waals surface area contributed by atoms with Gasteiger partial charge >= 0.3 is 0 Å². The Hall–Kier alpha value is -1.61. The summed E-state index contributed by atoms with van der Waals surface area (Å²) in [4.78, 5) is 0. The summed E-state index contributed by atoms with van der Waals surface area (Å²) in [6, 6.07) is 9.00. The van der Waals surface area contributed by atoms with Gasteiger partial charge in [-0.3, -0.25) is 4.68 Å². The first-order valence-electron chi connectivity index (χ1n) is 6.54. The Bertz CT molecular complexity index is 502. The van der Waals surface area contributed by atoms with Gasteiger partial charge in [0.2, 0.25) is 0 Å². The second kappa shape index (κ2) is 5.83. The molecule has 3 nitrogen and oxygen atoms in total. The van der Waals surface area contributed by atoms with Gasteiger partial charge in [0.05, 0.1) is 6.20 Å². The molecule has 2 rings (SSSR count). The average molecular weight is 243 g/mol. The number of rotatable bonds is 5. The number of hydrogen-bond acceptors (Lipinski definition) is 2. The van der Waals surface area contributed by atoms with Gasteiger partial charge in [-0.15, -0.1) is 0 Å². The molecular weight excluding hydrogens is 222 g/mol. The molecule has 1 heterocycles. The van der Waals surface area contributed by atoms with Gasteiger partial charge in [-0.05, 0) is 37.6 Å². The zero-order valence-corrected chi connectivity index (χ0v) is 11.4. The van der Waals surface area contributed by atoms with Crippen molar-refractivity contribution in [2.45, 2.75) is 32.9 Å². The van der Waals surface area contributed by atoms with Gasteiger partial charge in [0, 0.05) is 24.3 Å². The Labute approximate surface area is 109 Å². The molecule has 1 atom stereocenters. The molecule has 1 aromatic carbocycles. The SMILES string of the molecule is CCCn1cc(-c2cccc(C(C)NC)c2)cn1. The van der Waals surface area contributed by atoms with E-state index in [-0.39, 0.29) is 0 Å². The van der Waals surface area contributed by atoms with Gasteiger partial charge in [0.15, 0.2) is 0 Å². The van der Waals surface area contributed by atoms with Crippen molar-refractivity contribution >= 4 is 0 Å². The lowest BCUT2D eigenvalue weighted by Gasteiger charge is -2.11. The van der Waals surface area contributed by atoms with Crippen molar-refractivity contribution in [3.8, 4) is 11.1 Å². The Morgan fingerprint density at radius 2 is 2.17 bits per heavy atom. The number of nitrogens with one attached hydrogen (secondary N) is 1. The molecule has 0 fully saturated rings. The molecule has 2 aromatic rings. The van der Waals surface area contributed by atoms with E-state index in [0.29, 0.717) is 6.04 Å². The maximum atomic E-state index is 4.38. The fraction of sp³-hybridized carbons (Fsp3) is 0.400. The van der Waals surface area contributed by atoms with Crippen LogP contribution < -0.4 is 5.32 Å². The van der Waals surface area contributed by atoms with E-state index in [9.17, 15) is 0 Å². The maximum Gasteiger partial charge on any atom is 0.0568 e. The van der Waals surface area contributed by atoms with Crippen molar-refractivity contribution in [2.24, 2.45) is 0 Å². The standard InChI is InChI=1S/C15H21N3/c1-4-8-18-11-15(10-17-18)14-7-5-6-13(9-14)12(2)16-3/h5-7,9-12,16H,4,8H2,1-3H3. The van der Waals surface area contributed by atoms with Crippen LogP contribution in [0, 0.1) is 0 Å². The minimum absolute atomic E-state index is 0.371. The van der Waals surface area contributed by atoms with Crippen LogP contribution in [0.1, 0.15) is 31.9 Å². The van der Waals surface area contributed by atoms with Crippen molar-refractivity contribution in [3.63, 3.8) is 0 Å². The van der Waals surface area contributed by atoms with Crippen LogP contribution in [0.5, 0.6) is 0 Å². The second-order valence-corrected chi connectivity index (χ2v) is 4.63. The van der Waals surface area contributed by atoms with Crippen molar-refractivity contribution < 1.29 is 0 Å². The van der Waals surface area contributed by atoms with Crippen molar-refractivity contribution in [3.05, 3.63) is 42.2 Å². The van der Waals surface area contributed by atoms with E-state index < -0.39 is 0 Å². The molecule has 3 heteroatoms. The smallest absolute Gasteiger partial charge is 0.0568 e. The number of benzene rings is 1. The molecule has 0 saturated heterocycles. The van der Waals surface area contributed by atoms with Crippen molar-refractivity contribution in [2.75, 3.05) is 7.05 Å². The first-order chi connectivity index (χ1) is 8.74. The fourth-order valence-corrected chi connectivity index (χ4v) is 2.02. The second-order valence-electron chi connectivity index (χ2n) is 4.63. The lowest BCUT2D eigenvalue weighted by Crippen LogP contribution is -2.12. The van der Waals surface area contributed by atoms with E-state index in [4.69, 9.17) is 0 Å². The molecule has 0 aliphatic carbocycles. The third kappa shape index (κ3) is 2.79. The van der Waals surface area contributed by atoms with E-state index >= 15 is 0 Å². The molecule has 1 aromatic heterocycles. The molecule has 0 amide bonds. The summed E-state index contributed by atoms with van der Waals surface area (Å²) in [7, 11) is 1.98. The fourth-order valence-electron chi connectivity index (χ4n) is 2.02. The lowest BCUT2D eigenvalue weighted by atomic mass is 10.0. The minimum atomic E-state index is 0.371. The summed E-state index contributed by atoms with van der Waals surface area (Å²) >= 11 is 0. The summed E-state index contributed by atoms with van der Waals surface area (Å²) < 4.78 is 2.00. The summed E-state index contributed by atoms with van der Waals surface area (Å²) in [6.45, 7) is 5.31. The van der Waals surface area contributed by atoms with Crippen LogP contribution in [0.15, 0.2) is 36.7 Å². The van der Waals surface area contributed by atoms with E-state index in [2.05, 4.69) is 54.7 Å². The third-order valence-electron chi connectivity index (χ3n) is 3.24. The highest BCUT2D eigenvalue weighted by atomic mass is 15.3. The number of hydrogen-bond donors (Lipinski definition) is 1. The van der Waals surface area contributed by atoms with Gasteiger partial charge in [0.1, 0.15) is 0 Å². The van der Waals surface area contributed by atoms with Crippen LogP contribution in [-0.4, -0.2) is 16.8 Å². The molecular formula is C15H21N3. The van der Waals surface area contributed by atoms with Crippen LogP contribution in [-0.2, 0) is 6.54 Å². The van der Waals surface area contributed by atoms with Crippen LogP contribution >= 0.6 is 0 Å². The highest BCUT2D eigenvalue weighted by molar-refractivity contribution is 5.62. The van der Waals surface area contributed by atoms with Crippen molar-refractivity contribution in [1.82, 2.24) is 15.1 Å². The van der Waals surface area contributed by atoms with Gasteiger partial charge in [0.25, 0.3) is 0 Å². The van der Waals surface area contributed by atoms with E-state index in [1.54, 1.807) is 0 Å². The third-order valence-corrected chi connectivity index (χ3v) is 3.24. The molecule has 1 N–H and O–H groups in total. The molecule has 96 valence electrons. The Morgan fingerprint density at radius 1 is 1.33 bits per heavy atom. The van der Waals surface area contributed by atoms with Crippen molar-refractivity contribution in [1.29, 1.82) is 0 Å². The normalized spacial score (nSPS) is 12.6. The van der Waals surface area contributed by atoms with Crippen LogP contribution in [0.2, 0.25) is 0 Å². The molecule has 0 saturated carbocycles. The summed E-state index contributed by atoms with van der Waals surface area (Å²) in [5.41, 5.74) is 3.73. The largest absolute Gasteiger partial charge is 0.313 e. The lowest BCUT2D eigenvalue weighted by molar-refractivity contribution is 0.603. The monoisotopic (exact) mass is 243 g/mol. The zero-order chi connectivity index (χ0) is 13.0. The Kier molecular flexibility index (Phi) is 4.15. The summed E-state index contributed by atoms with van der Waals surface area (Å²) in [6.07, 6.45) is 5.17. The molecule has 0 spiro atoms. The van der Waals surface area contributed by atoms with Gasteiger partial charge in [-0.25, -0.2) is 0 Å². The number of aryl methyl sites for hydroxylation is 1. The zero-order valence-electron chi connectivity index (χ0n) is 11.4.